The van der Waals surface area contributed by atoms with E-state index in [1.807, 2.05) is 13.8 Å². The summed E-state index contributed by atoms with van der Waals surface area (Å²) in [6.45, 7) is 5.40. The van der Waals surface area contributed by atoms with Crippen LogP contribution in [0.25, 0.3) is 5.76 Å². The molecule has 1 fully saturated rings. The lowest BCUT2D eigenvalue weighted by Crippen LogP contribution is -2.30. The first-order chi connectivity index (χ1) is 15.3. The summed E-state index contributed by atoms with van der Waals surface area (Å²) in [6, 6.07) is 12.4. The Kier molecular flexibility index (Phi) is 5.52. The largest absolute Gasteiger partial charge is 0.507 e. The van der Waals surface area contributed by atoms with Crippen LogP contribution in [0.15, 0.2) is 64.7 Å². The number of aromatic nitrogens is 1. The fourth-order valence-electron chi connectivity index (χ4n) is 3.65. The second kappa shape index (κ2) is 8.30. The highest BCUT2D eigenvalue weighted by Crippen LogP contribution is 2.42. The summed E-state index contributed by atoms with van der Waals surface area (Å²) in [6.07, 6.45) is -0.0354. The van der Waals surface area contributed by atoms with Gasteiger partial charge in [0.05, 0.1) is 17.7 Å². The van der Waals surface area contributed by atoms with E-state index in [0.29, 0.717) is 11.5 Å². The molecule has 32 heavy (non-hydrogen) atoms. The van der Waals surface area contributed by atoms with Crippen molar-refractivity contribution in [3.63, 3.8) is 0 Å². The van der Waals surface area contributed by atoms with Crippen LogP contribution in [0.3, 0.4) is 0 Å². The summed E-state index contributed by atoms with van der Waals surface area (Å²) in [7, 11) is 0. The van der Waals surface area contributed by atoms with Gasteiger partial charge in [-0.1, -0.05) is 23.4 Å². The topological polar surface area (TPSA) is 92.9 Å². The fourth-order valence-corrected chi connectivity index (χ4v) is 3.65. The van der Waals surface area contributed by atoms with Crippen molar-refractivity contribution in [1.29, 1.82) is 0 Å². The summed E-state index contributed by atoms with van der Waals surface area (Å²) < 4.78 is 25.4. The lowest BCUT2D eigenvalue weighted by Gasteiger charge is -2.23. The van der Waals surface area contributed by atoms with E-state index in [1.54, 1.807) is 37.3 Å². The third kappa shape index (κ3) is 3.75. The third-order valence-corrected chi connectivity index (χ3v) is 5.01. The number of Topliss-reactive ketones (excluding diaryl/α,β-unsaturated/α-hetero) is 1. The van der Waals surface area contributed by atoms with E-state index >= 15 is 0 Å². The van der Waals surface area contributed by atoms with Crippen molar-refractivity contribution in [3.05, 3.63) is 82.9 Å². The number of aliphatic hydroxyl groups is 1. The molecule has 7 nitrogen and oxygen atoms in total. The molecule has 1 aliphatic rings. The summed E-state index contributed by atoms with van der Waals surface area (Å²) in [5.41, 5.74) is 0.101. The van der Waals surface area contributed by atoms with Gasteiger partial charge >= 0.3 is 5.91 Å². The van der Waals surface area contributed by atoms with Crippen molar-refractivity contribution in [1.82, 2.24) is 5.16 Å². The van der Waals surface area contributed by atoms with Crippen molar-refractivity contribution in [2.24, 2.45) is 0 Å². The first-order valence-electron chi connectivity index (χ1n) is 10.0. The van der Waals surface area contributed by atoms with E-state index < -0.39 is 29.3 Å². The molecule has 8 heteroatoms. The number of aryl methyl sites for hydroxylation is 1. The van der Waals surface area contributed by atoms with Gasteiger partial charge in [-0.05, 0) is 51.1 Å². The number of rotatable bonds is 5. The minimum absolute atomic E-state index is 0.0354. The Morgan fingerprint density at radius 2 is 1.84 bits per heavy atom. The highest BCUT2D eigenvalue weighted by Gasteiger charge is 2.48. The standard InChI is InChI=1S/C24H21FN2O5/c1-13(2)31-16-10-8-15(9-11-16)22(28)20-21(17-6-4-5-7-18(17)25)27(24(30)23(20)29)19-12-14(3)32-26-19/h4-13,21,28H,1-3H3/b22-20+. The van der Waals surface area contributed by atoms with Gasteiger partial charge in [0.1, 0.15) is 23.1 Å². The summed E-state index contributed by atoms with van der Waals surface area (Å²) in [4.78, 5) is 27.0. The number of benzene rings is 2. The zero-order valence-corrected chi connectivity index (χ0v) is 17.7. The molecule has 3 aromatic rings. The highest BCUT2D eigenvalue weighted by molar-refractivity contribution is 6.51. The third-order valence-electron chi connectivity index (χ3n) is 5.01. The van der Waals surface area contributed by atoms with E-state index in [4.69, 9.17) is 9.26 Å². The van der Waals surface area contributed by atoms with Gasteiger partial charge in [0.2, 0.25) is 0 Å². The molecular weight excluding hydrogens is 415 g/mol. The van der Waals surface area contributed by atoms with Gasteiger partial charge in [0, 0.05) is 17.2 Å². The summed E-state index contributed by atoms with van der Waals surface area (Å²) in [5.74, 6) is -1.88. The molecule has 1 atom stereocenters. The monoisotopic (exact) mass is 436 g/mol. The van der Waals surface area contributed by atoms with Crippen molar-refractivity contribution < 1.29 is 28.3 Å². The Morgan fingerprint density at radius 3 is 2.44 bits per heavy atom. The first-order valence-corrected chi connectivity index (χ1v) is 10.0. The van der Waals surface area contributed by atoms with Gasteiger partial charge in [0.25, 0.3) is 5.78 Å². The van der Waals surface area contributed by atoms with E-state index in [9.17, 15) is 19.1 Å². The Bertz CT molecular complexity index is 1210. The Labute approximate surface area is 183 Å². The molecule has 1 aromatic heterocycles. The maximum atomic E-state index is 14.8. The SMILES string of the molecule is Cc1cc(N2C(=O)C(=O)/C(=C(/O)c3ccc(OC(C)C)cc3)C2c2ccccc2F)no1. The zero-order chi connectivity index (χ0) is 23.0. The molecule has 1 unspecified atom stereocenters. The van der Waals surface area contributed by atoms with Crippen molar-refractivity contribution >= 4 is 23.3 Å². The molecule has 164 valence electrons. The van der Waals surface area contributed by atoms with Crippen LogP contribution >= 0.6 is 0 Å². The number of halogens is 1. The van der Waals surface area contributed by atoms with Crippen LogP contribution in [0.4, 0.5) is 10.2 Å². The Hall–Kier alpha value is -3.94. The number of carbonyl (C=O) groups is 2. The molecule has 4 rings (SSSR count). The molecule has 2 aromatic carbocycles. The Balaban J connectivity index is 1.87. The molecule has 0 aliphatic carbocycles. The van der Waals surface area contributed by atoms with Gasteiger partial charge in [-0.2, -0.15) is 0 Å². The molecule has 0 radical (unpaired) electrons. The number of ether oxygens (including phenoxy) is 1. The normalized spacial score (nSPS) is 17.9. The average Bonchev–Trinajstić information content (AvgIpc) is 3.29. The molecule has 0 bridgehead atoms. The van der Waals surface area contributed by atoms with Crippen LogP contribution in [-0.4, -0.2) is 28.1 Å². The van der Waals surface area contributed by atoms with Crippen LogP contribution in [0, 0.1) is 12.7 Å². The summed E-state index contributed by atoms with van der Waals surface area (Å²) >= 11 is 0. The molecule has 1 amide bonds. The molecule has 1 aliphatic heterocycles. The average molecular weight is 436 g/mol. The van der Waals surface area contributed by atoms with Crippen LogP contribution < -0.4 is 9.64 Å². The number of anilines is 1. The number of nitrogens with zero attached hydrogens (tertiary/aromatic N) is 2. The van der Waals surface area contributed by atoms with Gasteiger partial charge in [-0.25, -0.2) is 4.39 Å². The zero-order valence-electron chi connectivity index (χ0n) is 17.7. The molecule has 0 spiro atoms. The number of aliphatic hydroxyl groups excluding tert-OH is 1. The van der Waals surface area contributed by atoms with Crippen molar-refractivity contribution in [3.8, 4) is 5.75 Å². The molecular formula is C24H21FN2O5. The minimum atomic E-state index is -1.22. The predicted molar refractivity (Wildman–Crippen MR) is 115 cm³/mol. The number of carbonyl (C=O) groups excluding carboxylic acids is 2. The minimum Gasteiger partial charge on any atom is -0.507 e. The second-order valence-corrected chi connectivity index (χ2v) is 7.68. The van der Waals surface area contributed by atoms with Crippen molar-refractivity contribution in [2.45, 2.75) is 32.9 Å². The highest BCUT2D eigenvalue weighted by atomic mass is 19.1. The van der Waals surface area contributed by atoms with Crippen molar-refractivity contribution in [2.75, 3.05) is 4.90 Å². The summed E-state index contributed by atoms with van der Waals surface area (Å²) in [5, 5.41) is 14.9. The molecule has 1 N–H and O–H groups in total. The number of hydrogen-bond donors (Lipinski definition) is 1. The number of ketones is 1. The maximum Gasteiger partial charge on any atom is 0.301 e. The Morgan fingerprint density at radius 1 is 1.16 bits per heavy atom. The van der Waals surface area contributed by atoms with Gasteiger partial charge in [-0.3, -0.25) is 14.5 Å². The number of amides is 1. The quantitative estimate of drug-likeness (QED) is 0.359. The van der Waals surface area contributed by atoms with Crippen LogP contribution in [0.2, 0.25) is 0 Å². The lowest BCUT2D eigenvalue weighted by atomic mass is 9.95. The van der Waals surface area contributed by atoms with E-state index in [0.717, 1.165) is 4.90 Å². The van der Waals surface area contributed by atoms with Gasteiger partial charge in [-0.15, -0.1) is 0 Å². The van der Waals surface area contributed by atoms with E-state index in [2.05, 4.69) is 5.16 Å². The van der Waals surface area contributed by atoms with Gasteiger partial charge < -0.3 is 14.4 Å². The number of hydrogen-bond acceptors (Lipinski definition) is 6. The first kappa shape index (κ1) is 21.3. The fraction of sp³-hybridized carbons (Fsp3) is 0.208. The molecule has 2 heterocycles. The van der Waals surface area contributed by atoms with Gasteiger partial charge in [0.15, 0.2) is 5.82 Å². The molecule has 0 saturated carbocycles. The van der Waals surface area contributed by atoms with E-state index in [1.165, 1.54) is 24.3 Å². The maximum absolute atomic E-state index is 14.8. The van der Waals surface area contributed by atoms with E-state index in [-0.39, 0.29) is 28.6 Å². The van der Waals surface area contributed by atoms with Crippen LogP contribution in [0.5, 0.6) is 5.75 Å². The van der Waals surface area contributed by atoms with Crippen LogP contribution in [0.1, 0.15) is 36.8 Å². The lowest BCUT2D eigenvalue weighted by molar-refractivity contribution is -0.132. The smallest absolute Gasteiger partial charge is 0.301 e. The second-order valence-electron chi connectivity index (χ2n) is 7.68. The molecule has 1 saturated heterocycles. The van der Waals surface area contributed by atoms with Crippen LogP contribution in [-0.2, 0) is 9.59 Å². The predicted octanol–water partition coefficient (Wildman–Crippen LogP) is 4.54.